The number of carbonyl (C=O) groups excluding carboxylic acids is 1. The molecule has 0 atom stereocenters. The van der Waals surface area contributed by atoms with Crippen molar-refractivity contribution in [1.29, 1.82) is 5.26 Å². The number of hydrogen-bond donors (Lipinski definition) is 2. The van der Waals surface area contributed by atoms with Crippen molar-refractivity contribution in [2.45, 2.75) is 6.92 Å². The van der Waals surface area contributed by atoms with Crippen LogP contribution in [0.2, 0.25) is 0 Å². The van der Waals surface area contributed by atoms with E-state index in [1.807, 2.05) is 24.0 Å². The average molecular weight is 479 g/mol. The molecule has 11 heteroatoms. The molecular formula is C23H26N8O2S. The number of ether oxygens (including phenoxy) is 1. The van der Waals surface area contributed by atoms with Gasteiger partial charge in [-0.2, -0.15) is 5.26 Å². The van der Waals surface area contributed by atoms with E-state index < -0.39 is 0 Å². The molecule has 34 heavy (non-hydrogen) atoms. The first-order valence-corrected chi connectivity index (χ1v) is 11.7. The van der Waals surface area contributed by atoms with Gasteiger partial charge in [-0.05, 0) is 25.1 Å². The van der Waals surface area contributed by atoms with Crippen LogP contribution in [0.1, 0.15) is 21.6 Å². The third-order valence-electron chi connectivity index (χ3n) is 5.57. The van der Waals surface area contributed by atoms with Crippen LogP contribution in [0.3, 0.4) is 0 Å². The van der Waals surface area contributed by atoms with Crippen molar-refractivity contribution in [2.75, 3.05) is 57.5 Å². The minimum Gasteiger partial charge on any atom is -0.383 e. The molecule has 3 N–H and O–H groups in total. The molecule has 3 aromatic rings. The number of aryl methyl sites for hydroxylation is 1. The maximum Gasteiger partial charge on any atom is 0.254 e. The number of amides is 1. The second-order valence-electron chi connectivity index (χ2n) is 7.87. The number of nitrogens with zero attached hydrogens (tertiary/aromatic N) is 6. The number of nitriles is 1. The highest BCUT2D eigenvalue weighted by atomic mass is 32.1. The highest BCUT2D eigenvalue weighted by Crippen LogP contribution is 2.32. The second kappa shape index (κ2) is 10.6. The normalized spacial score (nSPS) is 14.1. The summed E-state index contributed by atoms with van der Waals surface area (Å²) in [5.41, 5.74) is 8.62. The zero-order valence-corrected chi connectivity index (χ0v) is 19.9. The van der Waals surface area contributed by atoms with Crippen molar-refractivity contribution in [3.05, 3.63) is 47.3 Å². The van der Waals surface area contributed by atoms with Crippen molar-refractivity contribution in [3.8, 4) is 16.6 Å². The van der Waals surface area contributed by atoms with Crippen LogP contribution in [0.25, 0.3) is 10.6 Å². The first kappa shape index (κ1) is 23.6. The standard InChI is InChI=1S/C23H26N8O2S/c1-15-20(34-22(25)27-15)19-17(13-24)14-26-23(29-19)28-18-5-3-4-16(12-18)21(32)31-8-6-30(7-9-31)10-11-33-2/h3-5,12,14H,6-11H2,1-2H3,(H2,25,27)(H,26,28,29). The van der Waals surface area contributed by atoms with E-state index in [2.05, 4.69) is 31.2 Å². The number of carbonyl (C=O) groups is 1. The molecule has 4 rings (SSSR count). The van der Waals surface area contributed by atoms with Crippen molar-refractivity contribution < 1.29 is 9.53 Å². The Morgan fingerprint density at radius 1 is 1.29 bits per heavy atom. The highest BCUT2D eigenvalue weighted by molar-refractivity contribution is 7.18. The van der Waals surface area contributed by atoms with E-state index in [0.717, 1.165) is 24.5 Å². The Balaban J connectivity index is 1.49. The number of anilines is 3. The predicted molar refractivity (Wildman–Crippen MR) is 131 cm³/mol. The third kappa shape index (κ3) is 5.31. The average Bonchev–Trinajstić information content (AvgIpc) is 3.20. The van der Waals surface area contributed by atoms with Crippen LogP contribution < -0.4 is 11.1 Å². The van der Waals surface area contributed by atoms with E-state index in [4.69, 9.17) is 10.5 Å². The lowest BCUT2D eigenvalue weighted by Gasteiger charge is -2.34. The number of hydrogen-bond acceptors (Lipinski definition) is 10. The van der Waals surface area contributed by atoms with Gasteiger partial charge in [-0.3, -0.25) is 9.69 Å². The smallest absolute Gasteiger partial charge is 0.254 e. The maximum absolute atomic E-state index is 13.1. The lowest BCUT2D eigenvalue weighted by molar-refractivity contribution is 0.0594. The monoisotopic (exact) mass is 478 g/mol. The molecule has 3 heterocycles. The summed E-state index contributed by atoms with van der Waals surface area (Å²) in [6.45, 7) is 6.41. The van der Waals surface area contributed by atoms with E-state index in [9.17, 15) is 10.1 Å². The summed E-state index contributed by atoms with van der Waals surface area (Å²) < 4.78 is 5.14. The number of methoxy groups -OCH3 is 1. The molecule has 0 bridgehead atoms. The molecule has 1 aliphatic rings. The van der Waals surface area contributed by atoms with Gasteiger partial charge in [-0.25, -0.2) is 15.0 Å². The number of nitrogen functional groups attached to an aromatic ring is 1. The van der Waals surface area contributed by atoms with Crippen LogP contribution in [-0.4, -0.2) is 77.1 Å². The number of thiazole rings is 1. The molecule has 1 saturated heterocycles. The maximum atomic E-state index is 13.1. The summed E-state index contributed by atoms with van der Waals surface area (Å²) in [6.07, 6.45) is 1.47. The summed E-state index contributed by atoms with van der Waals surface area (Å²) in [5.74, 6) is 0.309. The van der Waals surface area contributed by atoms with E-state index in [1.165, 1.54) is 17.5 Å². The number of aromatic nitrogens is 3. The Morgan fingerprint density at radius 2 is 2.09 bits per heavy atom. The molecule has 1 amide bonds. The second-order valence-corrected chi connectivity index (χ2v) is 8.90. The fourth-order valence-corrected chi connectivity index (χ4v) is 4.61. The molecule has 0 spiro atoms. The van der Waals surface area contributed by atoms with Crippen LogP contribution in [0.4, 0.5) is 16.8 Å². The van der Waals surface area contributed by atoms with Crippen molar-refractivity contribution >= 4 is 34.0 Å². The Hall–Kier alpha value is -3.59. The summed E-state index contributed by atoms with van der Waals surface area (Å²) >= 11 is 1.28. The van der Waals surface area contributed by atoms with Crippen LogP contribution in [0.15, 0.2) is 30.5 Å². The summed E-state index contributed by atoms with van der Waals surface area (Å²) in [7, 11) is 1.70. The van der Waals surface area contributed by atoms with Gasteiger partial charge in [0.2, 0.25) is 5.95 Å². The molecule has 1 aromatic carbocycles. The minimum absolute atomic E-state index is 0.00719. The lowest BCUT2D eigenvalue weighted by Crippen LogP contribution is -2.49. The quantitative estimate of drug-likeness (QED) is 0.525. The van der Waals surface area contributed by atoms with Gasteiger partial charge in [0.05, 0.1) is 28.9 Å². The van der Waals surface area contributed by atoms with Gasteiger partial charge in [0, 0.05) is 51.1 Å². The number of benzene rings is 1. The Labute approximate surface area is 202 Å². The molecule has 0 aliphatic carbocycles. The van der Waals surface area contributed by atoms with Crippen LogP contribution in [0.5, 0.6) is 0 Å². The van der Waals surface area contributed by atoms with Gasteiger partial charge >= 0.3 is 0 Å². The van der Waals surface area contributed by atoms with Gasteiger partial charge in [0.25, 0.3) is 5.91 Å². The fraction of sp³-hybridized carbons (Fsp3) is 0.348. The van der Waals surface area contributed by atoms with Gasteiger partial charge in [0.1, 0.15) is 11.8 Å². The molecular weight excluding hydrogens is 452 g/mol. The lowest BCUT2D eigenvalue weighted by atomic mass is 10.1. The SMILES string of the molecule is COCCN1CCN(C(=O)c2cccc(Nc3ncc(C#N)c(-c4sc(N)nc4C)n3)c2)CC1. The van der Waals surface area contributed by atoms with E-state index in [0.29, 0.717) is 59.0 Å². The first-order valence-electron chi connectivity index (χ1n) is 10.9. The van der Waals surface area contributed by atoms with E-state index in [-0.39, 0.29) is 5.91 Å². The van der Waals surface area contributed by atoms with Gasteiger partial charge in [0.15, 0.2) is 5.13 Å². The Morgan fingerprint density at radius 3 is 2.76 bits per heavy atom. The number of piperazine rings is 1. The minimum atomic E-state index is -0.00719. The van der Waals surface area contributed by atoms with Gasteiger partial charge < -0.3 is 20.7 Å². The van der Waals surface area contributed by atoms with Crippen LogP contribution in [-0.2, 0) is 4.74 Å². The van der Waals surface area contributed by atoms with Crippen molar-refractivity contribution in [3.63, 3.8) is 0 Å². The highest BCUT2D eigenvalue weighted by Gasteiger charge is 2.22. The van der Waals surface area contributed by atoms with E-state index >= 15 is 0 Å². The topological polar surface area (TPSA) is 133 Å². The van der Waals surface area contributed by atoms with Crippen LogP contribution in [0, 0.1) is 18.3 Å². The van der Waals surface area contributed by atoms with Crippen molar-refractivity contribution in [1.82, 2.24) is 24.8 Å². The van der Waals surface area contributed by atoms with Gasteiger partial charge in [-0.15, -0.1) is 0 Å². The third-order valence-corrected chi connectivity index (χ3v) is 6.57. The largest absolute Gasteiger partial charge is 0.383 e. The number of nitrogens with two attached hydrogens (primary N) is 1. The molecule has 1 aliphatic heterocycles. The molecule has 0 unspecified atom stereocenters. The number of rotatable bonds is 7. The zero-order chi connectivity index (χ0) is 24.1. The van der Waals surface area contributed by atoms with Crippen molar-refractivity contribution in [2.24, 2.45) is 0 Å². The molecule has 2 aromatic heterocycles. The molecule has 176 valence electrons. The fourth-order valence-electron chi connectivity index (χ4n) is 3.77. The summed E-state index contributed by atoms with van der Waals surface area (Å²) in [5, 5.41) is 13.1. The van der Waals surface area contributed by atoms with Crippen LogP contribution >= 0.6 is 11.3 Å². The number of nitrogens with one attached hydrogen (secondary N) is 1. The van der Waals surface area contributed by atoms with Gasteiger partial charge in [-0.1, -0.05) is 17.4 Å². The zero-order valence-electron chi connectivity index (χ0n) is 19.1. The Bertz CT molecular complexity index is 1210. The van der Waals surface area contributed by atoms with E-state index in [1.54, 1.807) is 19.2 Å². The summed E-state index contributed by atoms with van der Waals surface area (Å²) in [4.78, 5) is 31.0. The molecule has 1 fully saturated rings. The summed E-state index contributed by atoms with van der Waals surface area (Å²) in [6, 6.07) is 9.38. The molecule has 10 nitrogen and oxygen atoms in total. The predicted octanol–water partition coefficient (Wildman–Crippen LogP) is 2.51. The Kier molecular flexibility index (Phi) is 7.32. The first-order chi connectivity index (χ1) is 16.5. The molecule has 0 radical (unpaired) electrons. The molecule has 0 saturated carbocycles.